The van der Waals surface area contributed by atoms with E-state index in [4.69, 9.17) is 5.73 Å². The normalized spacial score (nSPS) is 10.1. The van der Waals surface area contributed by atoms with Gasteiger partial charge in [-0.05, 0) is 47.3 Å². The van der Waals surface area contributed by atoms with Crippen molar-refractivity contribution in [2.75, 3.05) is 33.7 Å². The first-order valence-electron chi connectivity index (χ1n) is 6.56. The third-order valence-electron chi connectivity index (χ3n) is 2.66. The van der Waals surface area contributed by atoms with Gasteiger partial charge in [0.15, 0.2) is 0 Å². The molecule has 0 saturated carbocycles. The van der Waals surface area contributed by atoms with Crippen LogP contribution in [0, 0.1) is 0 Å². The minimum absolute atomic E-state index is 0. The Labute approximate surface area is 128 Å². The van der Waals surface area contributed by atoms with Crippen LogP contribution in [-0.2, 0) is 25.9 Å². The number of carbonyl (C=O) groups is 1. The number of hydrogen-bond acceptors (Lipinski definition) is 3. The van der Waals surface area contributed by atoms with Crippen LogP contribution in [0.5, 0.6) is 0 Å². The van der Waals surface area contributed by atoms with Gasteiger partial charge in [0.1, 0.15) is 0 Å². The van der Waals surface area contributed by atoms with Crippen molar-refractivity contribution in [3.63, 3.8) is 0 Å². The molecule has 0 aromatic rings. The molecule has 1 N–H and O–H groups in total. The van der Waals surface area contributed by atoms with Crippen LogP contribution in [0.3, 0.4) is 0 Å². The van der Waals surface area contributed by atoms with Crippen molar-refractivity contribution in [3.8, 4) is 0 Å². The first-order chi connectivity index (χ1) is 7.93. The summed E-state index contributed by atoms with van der Waals surface area (Å²) >= 11 is 0. The maximum absolute atomic E-state index is 10.4. The Kier molecular flexibility index (Phi) is 19.5. The van der Waals surface area contributed by atoms with Crippen molar-refractivity contribution >= 4 is 5.91 Å². The molecule has 0 saturated heterocycles. The van der Waals surface area contributed by atoms with Crippen molar-refractivity contribution in [2.24, 2.45) is 0 Å². The summed E-state index contributed by atoms with van der Waals surface area (Å²) in [6.45, 7) is 11.3. The first kappa shape index (κ1) is 23.2. The maximum atomic E-state index is 10.4. The van der Waals surface area contributed by atoms with E-state index in [0.717, 1.165) is 26.1 Å². The Bertz CT molecular complexity index is 189. The molecular weight excluding hydrogens is 398 g/mol. The average molecular weight is 428 g/mol. The van der Waals surface area contributed by atoms with Crippen LogP contribution in [-0.4, -0.2) is 55.5 Å². The molecule has 0 bridgehead atoms. The van der Waals surface area contributed by atoms with Gasteiger partial charge >= 0.3 is 0 Å². The number of nitrogens with one attached hydrogen (secondary N) is 1. The minimum atomic E-state index is -0.456. The molecule has 0 radical (unpaired) electrons. The van der Waals surface area contributed by atoms with Crippen molar-refractivity contribution in [3.05, 3.63) is 5.73 Å². The number of likely N-dealkylation sites (N-methyl/N-ethyl adjacent to an activating group) is 2. The van der Waals surface area contributed by atoms with Gasteiger partial charge < -0.3 is 20.3 Å². The van der Waals surface area contributed by atoms with E-state index in [1.165, 1.54) is 0 Å². The topological polar surface area (TPSA) is 47.4 Å². The fourth-order valence-electron chi connectivity index (χ4n) is 1.21. The first-order valence-corrected chi connectivity index (χ1v) is 6.56. The number of hydrogen-bond donors (Lipinski definition) is 0. The van der Waals surface area contributed by atoms with Crippen LogP contribution >= 0.6 is 0 Å². The zero-order valence-electron chi connectivity index (χ0n) is 12.8. The summed E-state index contributed by atoms with van der Waals surface area (Å²) in [6, 6.07) is 0.577. The van der Waals surface area contributed by atoms with Gasteiger partial charge in [-0.1, -0.05) is 13.8 Å². The molecule has 0 aromatic heterocycles. The van der Waals surface area contributed by atoms with E-state index >= 15 is 0 Å². The fourth-order valence-corrected chi connectivity index (χ4v) is 1.21. The monoisotopic (exact) mass is 428 g/mol. The van der Waals surface area contributed by atoms with E-state index in [2.05, 4.69) is 37.7 Å². The van der Waals surface area contributed by atoms with Crippen LogP contribution in [0.1, 0.15) is 40.5 Å². The zero-order chi connectivity index (χ0) is 13.8. The molecule has 0 atom stereocenters. The molecule has 0 aliphatic carbocycles. The van der Waals surface area contributed by atoms with E-state index in [1.54, 1.807) is 0 Å². The molecule has 0 unspecified atom stereocenters. The van der Waals surface area contributed by atoms with Gasteiger partial charge in [0.05, 0.1) is 0 Å². The molecule has 0 rings (SSSR count). The predicted molar refractivity (Wildman–Crippen MR) is 75.2 cm³/mol. The molecular formula is C13H30N3OW-. The van der Waals surface area contributed by atoms with E-state index in [0.29, 0.717) is 12.5 Å². The van der Waals surface area contributed by atoms with E-state index in [1.807, 2.05) is 13.8 Å². The van der Waals surface area contributed by atoms with Crippen LogP contribution in [0.25, 0.3) is 5.73 Å². The molecule has 0 heterocycles. The van der Waals surface area contributed by atoms with E-state index in [9.17, 15) is 4.79 Å². The van der Waals surface area contributed by atoms with Gasteiger partial charge in [-0.3, -0.25) is 0 Å². The van der Waals surface area contributed by atoms with Crippen molar-refractivity contribution in [2.45, 2.75) is 46.6 Å². The minimum Gasteiger partial charge on any atom is -0.668 e. The van der Waals surface area contributed by atoms with Crippen LogP contribution in [0.2, 0.25) is 0 Å². The Morgan fingerprint density at radius 1 is 1.11 bits per heavy atom. The zero-order valence-corrected chi connectivity index (χ0v) is 15.8. The number of amides is 1. The van der Waals surface area contributed by atoms with E-state index in [-0.39, 0.29) is 21.1 Å². The van der Waals surface area contributed by atoms with Crippen molar-refractivity contribution in [1.82, 2.24) is 9.80 Å². The summed E-state index contributed by atoms with van der Waals surface area (Å²) in [4.78, 5) is 14.9. The molecule has 0 spiro atoms. The molecule has 110 valence electrons. The SMILES string of the molecule is CC.CC(C)N(C)CCN(C)CCCC([NH-])=O.[W]. The molecule has 4 nitrogen and oxygen atoms in total. The number of nitrogens with zero attached hydrogens (tertiary/aromatic N) is 2. The Balaban J connectivity index is -0.000000709. The fraction of sp³-hybridized carbons (Fsp3) is 0.923. The van der Waals surface area contributed by atoms with E-state index < -0.39 is 5.91 Å². The second-order valence-corrected chi connectivity index (χ2v) is 4.40. The Hall–Kier alpha value is 0.0783. The quantitative estimate of drug-likeness (QED) is 0.598. The summed E-state index contributed by atoms with van der Waals surface area (Å²) in [6.07, 6.45) is 1.18. The molecule has 0 fully saturated rings. The molecule has 0 aliphatic rings. The summed E-state index contributed by atoms with van der Waals surface area (Å²) in [5.74, 6) is -0.456. The second kappa shape index (κ2) is 15.1. The predicted octanol–water partition coefficient (Wildman–Crippen LogP) is 2.64. The van der Waals surface area contributed by atoms with Gasteiger partial charge in [-0.2, -0.15) is 0 Å². The van der Waals surface area contributed by atoms with Crippen molar-refractivity contribution < 1.29 is 25.9 Å². The second-order valence-electron chi connectivity index (χ2n) is 4.40. The van der Waals surface area contributed by atoms with Gasteiger partial charge in [-0.25, -0.2) is 0 Å². The van der Waals surface area contributed by atoms with Gasteiger partial charge in [0.2, 0.25) is 0 Å². The smallest absolute Gasteiger partial charge is 0.0488 e. The summed E-state index contributed by atoms with van der Waals surface area (Å²) in [5.41, 5.74) is 6.78. The third kappa shape index (κ3) is 16.1. The van der Waals surface area contributed by atoms with Crippen LogP contribution < -0.4 is 0 Å². The summed E-state index contributed by atoms with van der Waals surface area (Å²) < 4.78 is 0. The summed E-state index contributed by atoms with van der Waals surface area (Å²) in [5, 5.41) is 0. The third-order valence-corrected chi connectivity index (χ3v) is 2.66. The summed E-state index contributed by atoms with van der Waals surface area (Å²) in [7, 11) is 4.18. The number of carbonyl (C=O) groups excluding carboxylic acids is 1. The van der Waals surface area contributed by atoms with Gasteiger partial charge in [0.25, 0.3) is 0 Å². The number of rotatable bonds is 8. The van der Waals surface area contributed by atoms with Gasteiger partial charge in [-0.15, -0.1) is 0 Å². The van der Waals surface area contributed by atoms with Crippen LogP contribution in [0.15, 0.2) is 0 Å². The average Bonchev–Trinajstić information content (AvgIpc) is 2.28. The molecule has 0 aromatic carbocycles. The maximum Gasteiger partial charge on any atom is 0.0488 e. The molecule has 1 amide bonds. The molecule has 18 heavy (non-hydrogen) atoms. The Morgan fingerprint density at radius 2 is 1.61 bits per heavy atom. The molecule has 5 heteroatoms. The standard InChI is InChI=1S/C11H25N3O.C2H6.W/c1-10(2)14(4)9-8-13(3)7-5-6-11(12)15;1-2;/h10H,5-9H2,1-4H3,(H2,12,15);1-2H3;/p-1. The van der Waals surface area contributed by atoms with Gasteiger partial charge in [0, 0.05) is 46.1 Å². The Morgan fingerprint density at radius 3 is 2.00 bits per heavy atom. The largest absolute Gasteiger partial charge is 0.668 e. The van der Waals surface area contributed by atoms with Crippen LogP contribution in [0.4, 0.5) is 0 Å². The molecule has 0 aliphatic heterocycles. The van der Waals surface area contributed by atoms with Crippen molar-refractivity contribution in [1.29, 1.82) is 0 Å².